The lowest BCUT2D eigenvalue weighted by molar-refractivity contribution is -0.115. The molecule has 0 radical (unpaired) electrons. The van der Waals surface area contributed by atoms with E-state index in [2.05, 4.69) is 17.1 Å². The number of aromatic nitrogens is 2. The van der Waals surface area contributed by atoms with Crippen molar-refractivity contribution in [2.24, 2.45) is 0 Å². The number of H-pyrrole nitrogens is 1. The first-order valence-corrected chi connectivity index (χ1v) is 6.23. The molecule has 1 aliphatic rings. The fraction of sp³-hybridized carbons (Fsp3) is 0.600. The van der Waals surface area contributed by atoms with Gasteiger partial charge in [-0.05, 0) is 13.3 Å². The van der Waals surface area contributed by atoms with Crippen molar-refractivity contribution in [1.29, 1.82) is 0 Å². The number of thioether (sulfide) groups is 1. The number of hydrogen-bond donors (Lipinski definition) is 1. The minimum atomic E-state index is 0.171. The molecule has 5 heteroatoms. The average Bonchev–Trinajstić information content (AvgIpc) is 2.74. The van der Waals surface area contributed by atoms with Gasteiger partial charge in [-0.15, -0.1) is 11.8 Å². The summed E-state index contributed by atoms with van der Waals surface area (Å²) in [4.78, 5) is 13.5. The Hall–Kier alpha value is -0.970. The zero-order chi connectivity index (χ0) is 10.8. The number of aromatic amines is 1. The fourth-order valence-corrected chi connectivity index (χ4v) is 2.98. The van der Waals surface area contributed by atoms with Crippen molar-refractivity contribution >= 4 is 23.5 Å². The first-order valence-electron chi connectivity index (χ1n) is 5.18. The van der Waals surface area contributed by atoms with Crippen LogP contribution in [0.2, 0.25) is 0 Å². The van der Waals surface area contributed by atoms with Crippen LogP contribution in [0.4, 0.5) is 5.82 Å². The first-order chi connectivity index (χ1) is 7.22. The zero-order valence-electron chi connectivity index (χ0n) is 8.99. The molecule has 0 spiro atoms. The Morgan fingerprint density at radius 2 is 2.53 bits per heavy atom. The topological polar surface area (TPSA) is 49.0 Å². The van der Waals surface area contributed by atoms with Crippen LogP contribution in [-0.4, -0.2) is 27.2 Å². The van der Waals surface area contributed by atoms with E-state index in [0.717, 1.165) is 24.4 Å². The fourth-order valence-electron chi connectivity index (χ4n) is 1.73. The molecule has 15 heavy (non-hydrogen) atoms. The van der Waals surface area contributed by atoms with Crippen molar-refractivity contribution in [3.63, 3.8) is 0 Å². The van der Waals surface area contributed by atoms with E-state index in [0.29, 0.717) is 5.75 Å². The van der Waals surface area contributed by atoms with Gasteiger partial charge in [-0.1, -0.05) is 13.3 Å². The van der Waals surface area contributed by atoms with Gasteiger partial charge in [-0.2, -0.15) is 5.10 Å². The van der Waals surface area contributed by atoms with Gasteiger partial charge in [0.1, 0.15) is 0 Å². The van der Waals surface area contributed by atoms with Crippen LogP contribution in [-0.2, 0) is 4.79 Å². The molecule has 1 fully saturated rings. The van der Waals surface area contributed by atoms with Gasteiger partial charge in [-0.25, -0.2) is 0 Å². The Labute approximate surface area is 93.4 Å². The molecule has 1 amide bonds. The Bertz CT molecular complexity index is 363. The molecule has 1 aromatic heterocycles. The summed E-state index contributed by atoms with van der Waals surface area (Å²) >= 11 is 1.71. The largest absolute Gasteiger partial charge is 0.282 e. The summed E-state index contributed by atoms with van der Waals surface area (Å²) in [6.07, 6.45) is 2.12. The molecule has 4 nitrogen and oxygen atoms in total. The van der Waals surface area contributed by atoms with Crippen molar-refractivity contribution in [1.82, 2.24) is 10.2 Å². The van der Waals surface area contributed by atoms with Crippen LogP contribution >= 0.6 is 11.8 Å². The molecule has 2 rings (SSSR count). The van der Waals surface area contributed by atoms with Crippen LogP contribution in [0.5, 0.6) is 0 Å². The van der Waals surface area contributed by atoms with E-state index >= 15 is 0 Å². The summed E-state index contributed by atoms with van der Waals surface area (Å²) in [6, 6.07) is 1.92. The van der Waals surface area contributed by atoms with Gasteiger partial charge in [0.25, 0.3) is 0 Å². The Kier molecular flexibility index (Phi) is 3.00. The summed E-state index contributed by atoms with van der Waals surface area (Å²) in [5.74, 6) is 1.52. The molecule has 2 heterocycles. The normalized spacial score (nSPS) is 21.3. The zero-order valence-corrected chi connectivity index (χ0v) is 9.80. The lowest BCUT2D eigenvalue weighted by Gasteiger charge is -2.20. The number of aryl methyl sites for hydroxylation is 1. The minimum absolute atomic E-state index is 0.171. The maximum absolute atomic E-state index is 11.7. The van der Waals surface area contributed by atoms with Crippen molar-refractivity contribution in [2.45, 2.75) is 32.1 Å². The molecule has 82 valence electrons. The van der Waals surface area contributed by atoms with E-state index in [4.69, 9.17) is 0 Å². The lowest BCUT2D eigenvalue weighted by Crippen LogP contribution is -2.32. The summed E-state index contributed by atoms with van der Waals surface area (Å²) in [7, 11) is 0. The third-order valence-electron chi connectivity index (χ3n) is 2.43. The van der Waals surface area contributed by atoms with Gasteiger partial charge in [0.15, 0.2) is 5.82 Å². The highest BCUT2D eigenvalue weighted by Gasteiger charge is 2.33. The molecule has 1 N–H and O–H groups in total. The Balaban J connectivity index is 2.20. The van der Waals surface area contributed by atoms with E-state index in [1.165, 1.54) is 0 Å². The maximum atomic E-state index is 11.7. The van der Waals surface area contributed by atoms with Crippen molar-refractivity contribution in [3.05, 3.63) is 11.8 Å². The molecule has 1 aliphatic heterocycles. The van der Waals surface area contributed by atoms with Crippen LogP contribution in [0.25, 0.3) is 0 Å². The predicted octanol–water partition coefficient (Wildman–Crippen LogP) is 1.92. The van der Waals surface area contributed by atoms with Crippen LogP contribution in [0.3, 0.4) is 0 Å². The van der Waals surface area contributed by atoms with E-state index in [9.17, 15) is 4.79 Å². The number of nitrogens with zero attached hydrogens (tertiary/aromatic N) is 2. The van der Waals surface area contributed by atoms with Gasteiger partial charge in [0.2, 0.25) is 5.91 Å². The number of hydrogen-bond acceptors (Lipinski definition) is 3. The molecule has 0 aliphatic carbocycles. The van der Waals surface area contributed by atoms with E-state index in [1.54, 1.807) is 11.8 Å². The number of carbonyl (C=O) groups is 1. The van der Waals surface area contributed by atoms with Crippen LogP contribution in [0.1, 0.15) is 25.5 Å². The third-order valence-corrected chi connectivity index (χ3v) is 3.68. The molecule has 1 saturated heterocycles. The summed E-state index contributed by atoms with van der Waals surface area (Å²) in [5, 5.41) is 7.29. The standard InChI is InChI=1S/C10H15N3OS/c1-3-4-10-13(9(14)6-15-10)8-5-7(2)11-12-8/h5,10H,3-4,6H2,1-2H3,(H,11,12). The van der Waals surface area contributed by atoms with Crippen molar-refractivity contribution < 1.29 is 4.79 Å². The highest BCUT2D eigenvalue weighted by molar-refractivity contribution is 8.01. The second-order valence-corrected chi connectivity index (χ2v) is 4.89. The van der Waals surface area contributed by atoms with Crippen LogP contribution in [0.15, 0.2) is 6.07 Å². The molecule has 0 bridgehead atoms. The van der Waals surface area contributed by atoms with E-state index in [1.807, 2.05) is 17.9 Å². The monoisotopic (exact) mass is 225 g/mol. The van der Waals surface area contributed by atoms with Crippen LogP contribution in [0, 0.1) is 6.92 Å². The number of carbonyl (C=O) groups excluding carboxylic acids is 1. The number of rotatable bonds is 3. The molecule has 1 atom stereocenters. The minimum Gasteiger partial charge on any atom is -0.282 e. The molecule has 1 aromatic rings. The predicted molar refractivity (Wildman–Crippen MR) is 62.0 cm³/mol. The second-order valence-electron chi connectivity index (χ2n) is 3.73. The first kappa shape index (κ1) is 10.5. The lowest BCUT2D eigenvalue weighted by atomic mass is 10.3. The summed E-state index contributed by atoms with van der Waals surface area (Å²) < 4.78 is 0. The molecular formula is C10H15N3OS. The maximum Gasteiger partial charge on any atom is 0.239 e. The highest BCUT2D eigenvalue weighted by atomic mass is 32.2. The quantitative estimate of drug-likeness (QED) is 0.855. The van der Waals surface area contributed by atoms with Gasteiger partial charge < -0.3 is 0 Å². The van der Waals surface area contributed by atoms with Gasteiger partial charge in [0.05, 0.1) is 11.1 Å². The molecular weight excluding hydrogens is 210 g/mol. The number of amides is 1. The molecule has 0 saturated carbocycles. The van der Waals surface area contributed by atoms with Crippen molar-refractivity contribution in [3.8, 4) is 0 Å². The van der Waals surface area contributed by atoms with Crippen molar-refractivity contribution in [2.75, 3.05) is 10.7 Å². The van der Waals surface area contributed by atoms with Gasteiger partial charge in [0, 0.05) is 11.8 Å². The second kappa shape index (κ2) is 4.26. The number of anilines is 1. The third kappa shape index (κ3) is 2.02. The Morgan fingerprint density at radius 3 is 3.13 bits per heavy atom. The van der Waals surface area contributed by atoms with E-state index in [-0.39, 0.29) is 11.3 Å². The van der Waals surface area contributed by atoms with E-state index < -0.39 is 0 Å². The summed E-state index contributed by atoms with van der Waals surface area (Å²) in [6.45, 7) is 4.08. The SMILES string of the molecule is CCCC1SCC(=O)N1c1cc(C)[nH]n1. The summed E-state index contributed by atoms with van der Waals surface area (Å²) in [5.41, 5.74) is 0.991. The smallest absolute Gasteiger partial charge is 0.239 e. The molecule has 0 aromatic carbocycles. The average molecular weight is 225 g/mol. The van der Waals surface area contributed by atoms with Crippen LogP contribution < -0.4 is 4.90 Å². The van der Waals surface area contributed by atoms with Gasteiger partial charge in [-0.3, -0.25) is 14.8 Å². The Morgan fingerprint density at radius 1 is 1.73 bits per heavy atom. The van der Waals surface area contributed by atoms with Gasteiger partial charge >= 0.3 is 0 Å². The molecule has 1 unspecified atom stereocenters. The number of nitrogens with one attached hydrogen (secondary N) is 1. The highest BCUT2D eigenvalue weighted by Crippen LogP contribution is 2.32.